The fourth-order valence-electron chi connectivity index (χ4n) is 7.78. The summed E-state index contributed by atoms with van der Waals surface area (Å²) in [7, 11) is 1.39. The molecule has 0 unspecified atom stereocenters. The van der Waals surface area contributed by atoms with Crippen molar-refractivity contribution in [1.29, 1.82) is 0 Å². The van der Waals surface area contributed by atoms with Crippen molar-refractivity contribution < 1.29 is 103 Å². The maximum atomic E-state index is 12.9. The van der Waals surface area contributed by atoms with Crippen molar-refractivity contribution in [3.05, 3.63) is 74.4 Å². The largest absolute Gasteiger partial charge is 0.507 e. The molecule has 12 N–H and O–H groups in total. The molecular formula is C42H40O23. The number of ether oxygens (including phenoxy) is 6. The standard InChI is InChI=1S/C28H34O15.C14H6O8/c1-10-21(32)23(34)25(36)27(40-10)39-9-19-22(33)24(35)26(37)28(43-19)41-12-6-14(30)20-15(31)8-17(42-18(20)7-12)11-3-4-16(38-2)13(29)5-11;15-5-1-3-7-8-4(14(20)22-11(7)9(5)17)2-6(16)10(18)12(8)21-13(3)19/h3-7,10,17,19,21-30,32-37H,8-9H2,1-2H3;1-2,15-18H/t10-,17-,19+,21-,22+,23+,24-,25+,26+,27+,28+;/m0./s1. The molecule has 6 aromatic rings. The smallest absolute Gasteiger partial charge is 0.344 e. The molecule has 23 heteroatoms. The van der Waals surface area contributed by atoms with Crippen LogP contribution >= 0.6 is 0 Å². The maximum absolute atomic E-state index is 12.9. The summed E-state index contributed by atoms with van der Waals surface area (Å²) in [4.78, 5) is 36.9. The van der Waals surface area contributed by atoms with E-state index in [2.05, 4.69) is 0 Å². The summed E-state index contributed by atoms with van der Waals surface area (Å²) in [5.41, 5.74) is -2.32. The number of aliphatic hydroxyl groups is 6. The Morgan fingerprint density at radius 1 is 0.646 bits per heavy atom. The number of aromatic hydroxyl groups is 6. The third-order valence-electron chi connectivity index (χ3n) is 11.3. The molecule has 9 rings (SSSR count). The lowest BCUT2D eigenvalue weighted by Crippen LogP contribution is -2.61. The average Bonchev–Trinajstić information content (AvgIpc) is 3.27. The SMILES string of the molecule is COc1ccc([C@@H]2CC(=O)c3c(O)cc(O[C@@H]4O[C@H](CO[C@@H]5O[C@@H](C)[C@H](O)[C@@H](O)[C@H]5O)[C@@H](O)[C@H](O)[C@H]4O)cc3O2)cc1O.O=c1oc2c(O)c(O)cc3c(=O)oc4c(O)c(O)cc1c4c23. The molecule has 5 heterocycles. The molecule has 0 amide bonds. The highest BCUT2D eigenvalue weighted by Gasteiger charge is 2.47. The van der Waals surface area contributed by atoms with Crippen LogP contribution in [0.1, 0.15) is 35.4 Å². The van der Waals surface area contributed by atoms with Gasteiger partial charge in [0, 0.05) is 22.9 Å². The Bertz CT molecular complexity index is 2810. The van der Waals surface area contributed by atoms with Gasteiger partial charge in [-0.3, -0.25) is 4.79 Å². The lowest BCUT2D eigenvalue weighted by molar-refractivity contribution is -0.318. The predicted octanol–water partition coefficient (Wildman–Crippen LogP) is 0.156. The third kappa shape index (κ3) is 7.87. The maximum Gasteiger partial charge on any atom is 0.344 e. The van der Waals surface area contributed by atoms with Crippen molar-refractivity contribution in [2.24, 2.45) is 0 Å². The lowest BCUT2D eigenvalue weighted by Gasteiger charge is -2.42. The van der Waals surface area contributed by atoms with Crippen LogP contribution in [0.5, 0.6) is 51.7 Å². The highest BCUT2D eigenvalue weighted by Crippen LogP contribution is 2.46. The summed E-state index contributed by atoms with van der Waals surface area (Å²) >= 11 is 0. The van der Waals surface area contributed by atoms with E-state index in [-0.39, 0.29) is 56.5 Å². The number of methoxy groups -OCH3 is 1. The second kappa shape index (κ2) is 17.0. The monoisotopic (exact) mass is 912 g/mol. The number of ketones is 1. The third-order valence-corrected chi connectivity index (χ3v) is 11.3. The van der Waals surface area contributed by atoms with Gasteiger partial charge in [-0.25, -0.2) is 9.59 Å². The van der Waals surface area contributed by atoms with Crippen LogP contribution in [0.15, 0.2) is 60.9 Å². The first-order valence-electron chi connectivity index (χ1n) is 19.5. The topological polar surface area (TPSA) is 376 Å². The molecule has 4 aromatic carbocycles. The molecule has 23 nitrogen and oxygen atoms in total. The number of carbonyl (C=O) groups excluding carboxylic acids is 1. The van der Waals surface area contributed by atoms with Crippen LogP contribution < -0.4 is 25.5 Å². The Labute approximate surface area is 362 Å². The number of aliphatic hydroxyl groups excluding tert-OH is 6. The van der Waals surface area contributed by atoms with Crippen LogP contribution in [0.4, 0.5) is 0 Å². The number of hydrogen-bond acceptors (Lipinski definition) is 23. The van der Waals surface area contributed by atoms with Gasteiger partial charge in [-0.15, -0.1) is 0 Å². The van der Waals surface area contributed by atoms with Gasteiger partial charge in [0.1, 0.15) is 71.6 Å². The molecule has 65 heavy (non-hydrogen) atoms. The van der Waals surface area contributed by atoms with E-state index < -0.39 is 131 Å². The van der Waals surface area contributed by atoms with Crippen LogP contribution in [0.3, 0.4) is 0 Å². The molecule has 11 atom stereocenters. The molecule has 0 spiro atoms. The van der Waals surface area contributed by atoms with Gasteiger partial charge in [0.15, 0.2) is 46.2 Å². The molecule has 3 aliphatic rings. The molecule has 2 aromatic heterocycles. The van der Waals surface area contributed by atoms with Crippen LogP contribution in [0, 0.1) is 0 Å². The van der Waals surface area contributed by atoms with Crippen molar-refractivity contribution in [2.45, 2.75) is 80.9 Å². The van der Waals surface area contributed by atoms with Crippen molar-refractivity contribution in [3.8, 4) is 51.7 Å². The Kier molecular flexibility index (Phi) is 11.8. The molecule has 0 aliphatic carbocycles. The van der Waals surface area contributed by atoms with E-state index in [1.807, 2.05) is 0 Å². The number of phenolic OH excluding ortho intramolecular Hbond substituents is 6. The zero-order chi connectivity index (χ0) is 46.9. The number of rotatable bonds is 7. The molecule has 0 bridgehead atoms. The summed E-state index contributed by atoms with van der Waals surface area (Å²) in [6.07, 6.45) is -15.9. The van der Waals surface area contributed by atoms with Crippen molar-refractivity contribution in [1.82, 2.24) is 0 Å². The number of Topliss-reactive ketones (excluding diaryl/α,β-unsaturated/α-hetero) is 1. The number of hydrogen-bond donors (Lipinski definition) is 12. The Hall–Kier alpha value is -6.67. The van der Waals surface area contributed by atoms with E-state index in [4.69, 9.17) is 37.3 Å². The summed E-state index contributed by atoms with van der Waals surface area (Å²) in [6.45, 7) is 0.964. The fourth-order valence-corrected chi connectivity index (χ4v) is 7.78. The fraction of sp³-hybridized carbons (Fsp3) is 0.357. The molecular weight excluding hydrogens is 872 g/mol. The summed E-state index contributed by atoms with van der Waals surface area (Å²) in [5.74, 6) is -3.75. The molecule has 346 valence electrons. The first kappa shape index (κ1) is 44.9. The van der Waals surface area contributed by atoms with Crippen molar-refractivity contribution in [3.63, 3.8) is 0 Å². The van der Waals surface area contributed by atoms with Gasteiger partial charge in [0.2, 0.25) is 17.8 Å². The van der Waals surface area contributed by atoms with Crippen molar-refractivity contribution in [2.75, 3.05) is 13.7 Å². The second-order valence-electron chi connectivity index (χ2n) is 15.4. The van der Waals surface area contributed by atoms with E-state index in [1.165, 1.54) is 32.2 Å². The summed E-state index contributed by atoms with van der Waals surface area (Å²) in [5, 5.41) is 121. The molecule has 2 fully saturated rings. The van der Waals surface area contributed by atoms with Crippen LogP contribution in [-0.2, 0) is 14.2 Å². The first-order chi connectivity index (χ1) is 30.8. The van der Waals surface area contributed by atoms with E-state index in [1.54, 1.807) is 6.07 Å². The lowest BCUT2D eigenvalue weighted by atomic mass is 9.95. The second-order valence-corrected chi connectivity index (χ2v) is 15.4. The van der Waals surface area contributed by atoms with Gasteiger partial charge in [-0.1, -0.05) is 6.07 Å². The van der Waals surface area contributed by atoms with Gasteiger partial charge in [-0.2, -0.15) is 0 Å². The average molecular weight is 913 g/mol. The molecule has 3 aliphatic heterocycles. The number of phenols is 6. The van der Waals surface area contributed by atoms with Crippen LogP contribution in [0.25, 0.3) is 32.7 Å². The predicted molar refractivity (Wildman–Crippen MR) is 215 cm³/mol. The minimum Gasteiger partial charge on any atom is -0.507 e. The number of benzene rings is 4. The van der Waals surface area contributed by atoms with E-state index >= 15 is 0 Å². The minimum absolute atomic E-state index is 0.00597. The molecule has 2 saturated heterocycles. The van der Waals surface area contributed by atoms with Gasteiger partial charge >= 0.3 is 11.3 Å². The highest BCUT2D eigenvalue weighted by molar-refractivity contribution is 6.22. The van der Waals surface area contributed by atoms with E-state index in [9.17, 15) is 75.7 Å². The Balaban J connectivity index is 0.000000217. The van der Waals surface area contributed by atoms with Gasteiger partial charge in [0.05, 0.1) is 37.0 Å². The summed E-state index contributed by atoms with van der Waals surface area (Å²) < 4.78 is 43.0. The van der Waals surface area contributed by atoms with E-state index in [0.29, 0.717) is 5.56 Å². The highest BCUT2D eigenvalue weighted by atomic mass is 16.7. The first-order valence-corrected chi connectivity index (χ1v) is 19.5. The molecule has 0 radical (unpaired) electrons. The Morgan fingerprint density at radius 2 is 1.23 bits per heavy atom. The van der Waals surface area contributed by atoms with Crippen LogP contribution in [-0.4, -0.2) is 142 Å². The van der Waals surface area contributed by atoms with Gasteiger partial charge in [0.25, 0.3) is 0 Å². The molecule has 0 saturated carbocycles. The minimum atomic E-state index is -1.77. The Morgan fingerprint density at radius 3 is 1.82 bits per heavy atom. The van der Waals surface area contributed by atoms with Gasteiger partial charge < -0.3 is 98.5 Å². The van der Waals surface area contributed by atoms with Crippen molar-refractivity contribution >= 4 is 38.5 Å². The normalized spacial score (nSPS) is 27.8. The van der Waals surface area contributed by atoms with Crippen LogP contribution in [0.2, 0.25) is 0 Å². The zero-order valence-corrected chi connectivity index (χ0v) is 33.7. The number of fused-ring (bicyclic) bond motifs is 1. The number of carbonyl (C=O) groups is 1. The quantitative estimate of drug-likeness (QED) is 0.0576. The van der Waals surface area contributed by atoms with Gasteiger partial charge in [-0.05, 0) is 36.8 Å². The summed E-state index contributed by atoms with van der Waals surface area (Å²) in [6, 6.07) is 8.83. The zero-order valence-electron chi connectivity index (χ0n) is 33.7. The van der Waals surface area contributed by atoms with E-state index in [0.717, 1.165) is 18.2 Å².